The highest BCUT2D eigenvalue weighted by Crippen LogP contribution is 2.54. The van der Waals surface area contributed by atoms with Crippen LogP contribution in [-0.2, 0) is 11.8 Å². The van der Waals surface area contributed by atoms with Gasteiger partial charge in [-0.15, -0.1) is 0 Å². The average Bonchev–Trinajstić information content (AvgIpc) is 2.59. The van der Waals surface area contributed by atoms with E-state index in [0.717, 1.165) is 12.0 Å². The molecule has 0 aromatic heterocycles. The molecule has 0 radical (unpaired) electrons. The Balaban J connectivity index is 2.27. The lowest BCUT2D eigenvalue weighted by Crippen LogP contribution is -2.53. The Morgan fingerprint density at radius 1 is 0.960 bits per heavy atom. The van der Waals surface area contributed by atoms with E-state index >= 15 is 0 Å². The van der Waals surface area contributed by atoms with Crippen LogP contribution >= 0.6 is 0 Å². The molecular weight excluding hydrogens is 312 g/mol. The highest BCUT2D eigenvalue weighted by Gasteiger charge is 2.54. The molecule has 25 heavy (non-hydrogen) atoms. The molecule has 0 aliphatic heterocycles. The highest BCUT2D eigenvalue weighted by atomic mass is 16.4. The van der Waals surface area contributed by atoms with Gasteiger partial charge in [-0.05, 0) is 41.9 Å². The molecule has 0 fully saturated rings. The van der Waals surface area contributed by atoms with Crippen molar-refractivity contribution in [3.63, 3.8) is 0 Å². The van der Waals surface area contributed by atoms with Crippen LogP contribution in [0.3, 0.4) is 0 Å². The van der Waals surface area contributed by atoms with Gasteiger partial charge in [0, 0.05) is 5.56 Å². The second-order valence-corrected chi connectivity index (χ2v) is 7.79. The zero-order valence-corrected chi connectivity index (χ0v) is 15.2. The molecule has 3 nitrogen and oxygen atoms in total. The first kappa shape index (κ1) is 17.4. The summed E-state index contributed by atoms with van der Waals surface area (Å²) in [6.07, 6.45) is 0.923. The lowest BCUT2D eigenvalue weighted by molar-refractivity contribution is 0.0529. The predicted molar refractivity (Wildman–Crippen MR) is 98.2 cm³/mol. The first-order chi connectivity index (χ1) is 11.7. The van der Waals surface area contributed by atoms with Crippen LogP contribution in [-0.4, -0.2) is 16.9 Å². The summed E-state index contributed by atoms with van der Waals surface area (Å²) in [4.78, 5) is 25.3. The predicted octanol–water partition coefficient (Wildman–Crippen LogP) is 4.74. The second-order valence-electron chi connectivity index (χ2n) is 7.79. The fourth-order valence-corrected chi connectivity index (χ4v) is 4.16. The normalized spacial score (nSPS) is 24.4. The van der Waals surface area contributed by atoms with Gasteiger partial charge in [0.1, 0.15) is 0 Å². The van der Waals surface area contributed by atoms with Gasteiger partial charge in [-0.3, -0.25) is 4.79 Å². The maximum Gasteiger partial charge on any atom is 0.336 e. The molecule has 0 heterocycles. The molecule has 1 N–H and O–H groups in total. The number of carbonyl (C=O) groups is 2. The summed E-state index contributed by atoms with van der Waals surface area (Å²) in [5.41, 5.74) is 1.47. The van der Waals surface area contributed by atoms with Gasteiger partial charge in [0.15, 0.2) is 5.78 Å². The molecule has 1 aliphatic rings. The van der Waals surface area contributed by atoms with Crippen molar-refractivity contribution in [1.82, 2.24) is 0 Å². The lowest BCUT2D eigenvalue weighted by atomic mass is 9.50. The molecule has 0 spiro atoms. The monoisotopic (exact) mass is 336 g/mol. The molecule has 0 saturated carbocycles. The van der Waals surface area contributed by atoms with Crippen molar-refractivity contribution in [2.24, 2.45) is 11.3 Å². The van der Waals surface area contributed by atoms with E-state index in [1.165, 1.54) is 11.6 Å². The molecule has 0 saturated heterocycles. The lowest BCUT2D eigenvalue weighted by Gasteiger charge is -2.52. The second kappa shape index (κ2) is 5.83. The van der Waals surface area contributed by atoms with Gasteiger partial charge < -0.3 is 5.11 Å². The van der Waals surface area contributed by atoms with Gasteiger partial charge in [0.25, 0.3) is 0 Å². The Morgan fingerprint density at radius 3 is 2.16 bits per heavy atom. The van der Waals surface area contributed by atoms with Crippen molar-refractivity contribution in [1.29, 1.82) is 0 Å². The van der Waals surface area contributed by atoms with Crippen molar-refractivity contribution >= 4 is 11.8 Å². The zero-order chi connectivity index (χ0) is 18.4. The number of benzene rings is 2. The molecule has 2 aromatic carbocycles. The fraction of sp³-hybridized carbons (Fsp3) is 0.364. The van der Waals surface area contributed by atoms with Crippen molar-refractivity contribution in [2.45, 2.75) is 39.5 Å². The molecule has 2 atom stereocenters. The quantitative estimate of drug-likeness (QED) is 0.823. The van der Waals surface area contributed by atoms with Crippen LogP contribution in [0.2, 0.25) is 0 Å². The highest BCUT2D eigenvalue weighted by molar-refractivity contribution is 6.11. The number of Topliss-reactive ketones (excluding diaryl/α,β-unsaturated/α-hetero) is 1. The van der Waals surface area contributed by atoms with E-state index < -0.39 is 11.4 Å². The summed E-state index contributed by atoms with van der Waals surface area (Å²) in [6, 6.07) is 14.6. The molecule has 0 bridgehead atoms. The zero-order valence-electron chi connectivity index (χ0n) is 15.2. The largest absolute Gasteiger partial charge is 0.478 e. The molecule has 0 amide bonds. The SMILES string of the molecule is CC1Cc2ccccc2C(C)(C(=O)c2ccccc2C(=O)O)C1(C)C. The van der Waals surface area contributed by atoms with E-state index in [-0.39, 0.29) is 22.3 Å². The fourth-order valence-electron chi connectivity index (χ4n) is 4.16. The number of carbonyl (C=O) groups excluding carboxylic acids is 1. The van der Waals surface area contributed by atoms with Gasteiger partial charge in [0.2, 0.25) is 0 Å². The Labute approximate surface area is 148 Å². The maximum absolute atomic E-state index is 13.7. The van der Waals surface area contributed by atoms with Crippen LogP contribution in [0.1, 0.15) is 59.5 Å². The summed E-state index contributed by atoms with van der Waals surface area (Å²) < 4.78 is 0. The number of fused-ring (bicyclic) bond motifs is 1. The average molecular weight is 336 g/mol. The first-order valence-corrected chi connectivity index (χ1v) is 8.66. The van der Waals surface area contributed by atoms with E-state index in [9.17, 15) is 14.7 Å². The molecule has 3 rings (SSSR count). The maximum atomic E-state index is 13.7. The third-order valence-corrected chi connectivity index (χ3v) is 6.46. The van der Waals surface area contributed by atoms with E-state index in [1.807, 2.05) is 25.1 Å². The van der Waals surface area contributed by atoms with E-state index in [4.69, 9.17) is 0 Å². The molecule has 2 aromatic rings. The molecule has 1 aliphatic carbocycles. The Kier molecular flexibility index (Phi) is 4.06. The number of hydrogen-bond acceptors (Lipinski definition) is 2. The smallest absolute Gasteiger partial charge is 0.336 e. The number of hydrogen-bond donors (Lipinski definition) is 1. The number of carboxylic acids is 1. The molecule has 2 unspecified atom stereocenters. The number of ketones is 1. The first-order valence-electron chi connectivity index (χ1n) is 8.66. The van der Waals surface area contributed by atoms with Gasteiger partial charge in [-0.1, -0.05) is 63.2 Å². The molecule has 130 valence electrons. The van der Waals surface area contributed by atoms with Gasteiger partial charge in [-0.2, -0.15) is 0 Å². The number of aromatic carboxylic acids is 1. The van der Waals surface area contributed by atoms with Gasteiger partial charge in [-0.25, -0.2) is 4.79 Å². The summed E-state index contributed by atoms with van der Waals surface area (Å²) in [6.45, 7) is 8.39. The summed E-state index contributed by atoms with van der Waals surface area (Å²) >= 11 is 0. The molecular formula is C22H24O3. The van der Waals surface area contributed by atoms with Crippen LogP contribution in [0.25, 0.3) is 0 Å². The minimum Gasteiger partial charge on any atom is -0.478 e. The van der Waals surface area contributed by atoms with Crippen molar-refractivity contribution < 1.29 is 14.7 Å². The van der Waals surface area contributed by atoms with Crippen LogP contribution in [0.4, 0.5) is 0 Å². The topological polar surface area (TPSA) is 54.4 Å². The van der Waals surface area contributed by atoms with E-state index in [1.54, 1.807) is 18.2 Å². The summed E-state index contributed by atoms with van der Waals surface area (Å²) in [7, 11) is 0. The Morgan fingerprint density at radius 2 is 1.52 bits per heavy atom. The van der Waals surface area contributed by atoms with E-state index in [2.05, 4.69) is 26.8 Å². The van der Waals surface area contributed by atoms with Gasteiger partial charge >= 0.3 is 5.97 Å². The number of carboxylic acid groups (broad SMARTS) is 1. The van der Waals surface area contributed by atoms with E-state index in [0.29, 0.717) is 5.92 Å². The van der Waals surface area contributed by atoms with Crippen LogP contribution < -0.4 is 0 Å². The Bertz CT molecular complexity index is 850. The molecule has 3 heteroatoms. The standard InChI is InChI=1S/C22H24O3/c1-14-13-15-9-5-8-12-18(15)22(4,21(14,2)3)19(23)16-10-6-7-11-17(16)20(24)25/h5-12,14H,13H2,1-4H3,(H,24,25). The number of rotatable bonds is 3. The minimum atomic E-state index is -1.07. The van der Waals surface area contributed by atoms with Crippen LogP contribution in [0.5, 0.6) is 0 Å². The van der Waals surface area contributed by atoms with Crippen molar-refractivity contribution in [3.8, 4) is 0 Å². The van der Waals surface area contributed by atoms with Crippen LogP contribution in [0.15, 0.2) is 48.5 Å². The van der Waals surface area contributed by atoms with Gasteiger partial charge in [0.05, 0.1) is 11.0 Å². The van der Waals surface area contributed by atoms with Crippen LogP contribution in [0, 0.1) is 11.3 Å². The third-order valence-electron chi connectivity index (χ3n) is 6.46. The summed E-state index contributed by atoms with van der Waals surface area (Å²) in [5, 5.41) is 9.52. The third kappa shape index (κ3) is 2.41. The van der Waals surface area contributed by atoms with Crippen molar-refractivity contribution in [3.05, 3.63) is 70.8 Å². The Hall–Kier alpha value is -2.42. The van der Waals surface area contributed by atoms with Crippen molar-refractivity contribution in [2.75, 3.05) is 0 Å². The summed E-state index contributed by atoms with van der Waals surface area (Å²) in [5.74, 6) is -0.884. The minimum absolute atomic E-state index is 0.0697.